The molecule has 0 unspecified atom stereocenters. The van der Waals surface area contributed by atoms with Crippen LogP contribution in [0.5, 0.6) is 0 Å². The van der Waals surface area contributed by atoms with E-state index in [1.54, 1.807) is 22.2 Å². The molecule has 3 rings (SSSR count). The minimum atomic E-state index is -0.0379. The van der Waals surface area contributed by atoms with Crippen LogP contribution in [0.25, 0.3) is 10.2 Å². The van der Waals surface area contributed by atoms with E-state index in [9.17, 15) is 9.59 Å². The highest BCUT2D eigenvalue weighted by Gasteiger charge is 2.20. The molecule has 0 aromatic carbocycles. The SMILES string of the molecule is CCN[C@H](C)CNC(=O)CCn1cnc2sc3c(c2c1=O)CCCC3. The molecule has 1 aliphatic carbocycles. The van der Waals surface area contributed by atoms with Crippen molar-refractivity contribution < 1.29 is 4.79 Å². The van der Waals surface area contributed by atoms with E-state index in [1.807, 2.05) is 13.8 Å². The topological polar surface area (TPSA) is 76.0 Å². The van der Waals surface area contributed by atoms with Gasteiger partial charge >= 0.3 is 0 Å². The quantitative estimate of drug-likeness (QED) is 0.788. The summed E-state index contributed by atoms with van der Waals surface area (Å²) in [6, 6.07) is 0.243. The van der Waals surface area contributed by atoms with Gasteiger partial charge in [0.25, 0.3) is 5.56 Å². The molecule has 25 heavy (non-hydrogen) atoms. The summed E-state index contributed by atoms with van der Waals surface area (Å²) in [6.45, 7) is 5.91. The Morgan fingerprint density at radius 2 is 2.20 bits per heavy atom. The zero-order valence-electron chi connectivity index (χ0n) is 14.9. The Kier molecular flexibility index (Phi) is 5.86. The first kappa shape index (κ1) is 18.1. The second-order valence-electron chi connectivity index (χ2n) is 6.65. The molecule has 2 aromatic heterocycles. The molecule has 2 heterocycles. The molecule has 0 saturated heterocycles. The van der Waals surface area contributed by atoms with Crippen molar-refractivity contribution in [2.75, 3.05) is 13.1 Å². The van der Waals surface area contributed by atoms with E-state index in [0.29, 0.717) is 13.1 Å². The maximum absolute atomic E-state index is 12.8. The molecule has 7 heteroatoms. The Morgan fingerprint density at radius 1 is 1.40 bits per heavy atom. The summed E-state index contributed by atoms with van der Waals surface area (Å²) >= 11 is 1.65. The van der Waals surface area contributed by atoms with Crippen LogP contribution in [0, 0.1) is 0 Å². The van der Waals surface area contributed by atoms with Crippen LogP contribution in [0.3, 0.4) is 0 Å². The number of aryl methyl sites for hydroxylation is 3. The number of thiophene rings is 1. The molecule has 2 N–H and O–H groups in total. The molecule has 0 saturated carbocycles. The number of likely N-dealkylation sites (N-methyl/N-ethyl adjacent to an activating group) is 1. The Hall–Kier alpha value is -1.73. The number of fused-ring (bicyclic) bond motifs is 3. The molecular weight excluding hydrogens is 336 g/mol. The zero-order chi connectivity index (χ0) is 17.8. The van der Waals surface area contributed by atoms with Crippen LogP contribution >= 0.6 is 11.3 Å². The van der Waals surface area contributed by atoms with Gasteiger partial charge < -0.3 is 10.6 Å². The summed E-state index contributed by atoms with van der Waals surface area (Å²) in [5.74, 6) is -0.0379. The predicted molar refractivity (Wildman–Crippen MR) is 101 cm³/mol. The van der Waals surface area contributed by atoms with Crippen molar-refractivity contribution >= 4 is 27.5 Å². The van der Waals surface area contributed by atoms with Crippen molar-refractivity contribution in [1.29, 1.82) is 0 Å². The number of hydrogen-bond acceptors (Lipinski definition) is 5. The average Bonchev–Trinajstić information content (AvgIpc) is 2.99. The average molecular weight is 362 g/mol. The normalized spacial score (nSPS) is 15.1. The fourth-order valence-corrected chi connectivity index (χ4v) is 4.56. The summed E-state index contributed by atoms with van der Waals surface area (Å²) < 4.78 is 1.58. The Morgan fingerprint density at radius 3 is 3.00 bits per heavy atom. The lowest BCUT2D eigenvalue weighted by Gasteiger charge is -2.13. The van der Waals surface area contributed by atoms with Gasteiger partial charge in [0.2, 0.25) is 5.91 Å². The summed E-state index contributed by atoms with van der Waals surface area (Å²) in [7, 11) is 0. The van der Waals surface area contributed by atoms with Gasteiger partial charge in [-0.15, -0.1) is 11.3 Å². The lowest BCUT2D eigenvalue weighted by atomic mass is 9.97. The third-order valence-corrected chi connectivity index (χ3v) is 5.88. The Labute approximate surface area is 151 Å². The number of amides is 1. The van der Waals surface area contributed by atoms with Crippen molar-refractivity contribution in [3.8, 4) is 0 Å². The zero-order valence-corrected chi connectivity index (χ0v) is 15.7. The van der Waals surface area contributed by atoms with E-state index < -0.39 is 0 Å². The van der Waals surface area contributed by atoms with Crippen LogP contribution < -0.4 is 16.2 Å². The second kappa shape index (κ2) is 8.10. The van der Waals surface area contributed by atoms with Gasteiger partial charge in [-0.25, -0.2) is 4.98 Å². The fraction of sp³-hybridized carbons (Fsp3) is 0.611. The second-order valence-corrected chi connectivity index (χ2v) is 7.73. The number of nitrogens with zero attached hydrogens (tertiary/aromatic N) is 2. The largest absolute Gasteiger partial charge is 0.354 e. The lowest BCUT2D eigenvalue weighted by molar-refractivity contribution is -0.121. The van der Waals surface area contributed by atoms with Crippen LogP contribution in [0.15, 0.2) is 11.1 Å². The fourth-order valence-electron chi connectivity index (χ4n) is 3.34. The minimum absolute atomic E-state index is 0.00165. The van der Waals surface area contributed by atoms with Crippen LogP contribution in [-0.2, 0) is 24.2 Å². The van der Waals surface area contributed by atoms with Crippen LogP contribution in [0.2, 0.25) is 0 Å². The molecule has 1 atom stereocenters. The number of hydrogen-bond donors (Lipinski definition) is 2. The van der Waals surface area contributed by atoms with Gasteiger partial charge in [0.15, 0.2) is 0 Å². The third-order valence-electron chi connectivity index (χ3n) is 4.68. The first-order valence-electron chi connectivity index (χ1n) is 9.10. The monoisotopic (exact) mass is 362 g/mol. The van der Waals surface area contributed by atoms with Crippen molar-refractivity contribution in [3.05, 3.63) is 27.1 Å². The molecule has 2 aromatic rings. The van der Waals surface area contributed by atoms with Gasteiger partial charge in [0.05, 0.1) is 11.7 Å². The van der Waals surface area contributed by atoms with Gasteiger partial charge in [-0.2, -0.15) is 0 Å². The van der Waals surface area contributed by atoms with E-state index >= 15 is 0 Å². The smallest absolute Gasteiger partial charge is 0.262 e. The van der Waals surface area contributed by atoms with Gasteiger partial charge in [0, 0.05) is 30.4 Å². The third kappa shape index (κ3) is 4.10. The lowest BCUT2D eigenvalue weighted by Crippen LogP contribution is -2.39. The van der Waals surface area contributed by atoms with E-state index in [1.165, 1.54) is 16.9 Å². The first-order valence-corrected chi connectivity index (χ1v) is 9.91. The number of carbonyl (C=O) groups excluding carboxylic acids is 1. The van der Waals surface area contributed by atoms with E-state index in [2.05, 4.69) is 15.6 Å². The number of aromatic nitrogens is 2. The Balaban J connectivity index is 1.67. The van der Waals surface area contributed by atoms with Crippen LogP contribution in [-0.4, -0.2) is 34.6 Å². The molecule has 136 valence electrons. The highest BCUT2D eigenvalue weighted by molar-refractivity contribution is 7.18. The highest BCUT2D eigenvalue weighted by Crippen LogP contribution is 2.33. The summed E-state index contributed by atoms with van der Waals surface area (Å²) in [4.78, 5) is 31.4. The van der Waals surface area contributed by atoms with Crippen molar-refractivity contribution in [2.45, 2.75) is 58.5 Å². The summed E-state index contributed by atoms with van der Waals surface area (Å²) in [6.07, 6.45) is 6.24. The summed E-state index contributed by atoms with van der Waals surface area (Å²) in [5, 5.41) is 6.94. The van der Waals surface area contributed by atoms with Crippen LogP contribution in [0.1, 0.15) is 43.6 Å². The first-order chi connectivity index (χ1) is 12.1. The number of rotatable bonds is 7. The van der Waals surface area contributed by atoms with Crippen molar-refractivity contribution in [3.63, 3.8) is 0 Å². The standard InChI is InChI=1S/C18H26N4O2S/c1-3-19-12(2)10-20-15(23)8-9-22-11-21-17-16(18(22)24)13-6-4-5-7-14(13)25-17/h11-12,19H,3-10H2,1-2H3,(H,20,23)/t12-/m1/s1. The maximum Gasteiger partial charge on any atom is 0.262 e. The molecular formula is C18H26N4O2S. The van der Waals surface area contributed by atoms with Crippen molar-refractivity contribution in [2.24, 2.45) is 0 Å². The van der Waals surface area contributed by atoms with Gasteiger partial charge in [0.1, 0.15) is 4.83 Å². The molecule has 0 aliphatic heterocycles. The number of nitrogens with one attached hydrogen (secondary N) is 2. The predicted octanol–water partition coefficient (Wildman–Crippen LogP) is 1.84. The molecule has 0 bridgehead atoms. The van der Waals surface area contributed by atoms with E-state index in [0.717, 1.165) is 36.0 Å². The van der Waals surface area contributed by atoms with Crippen LogP contribution in [0.4, 0.5) is 0 Å². The number of carbonyl (C=O) groups is 1. The highest BCUT2D eigenvalue weighted by atomic mass is 32.1. The van der Waals surface area contributed by atoms with Gasteiger partial charge in [-0.3, -0.25) is 14.2 Å². The van der Waals surface area contributed by atoms with E-state index in [4.69, 9.17) is 0 Å². The maximum atomic E-state index is 12.8. The molecule has 6 nitrogen and oxygen atoms in total. The molecule has 1 amide bonds. The molecule has 0 spiro atoms. The summed E-state index contributed by atoms with van der Waals surface area (Å²) in [5.41, 5.74) is 1.19. The Bertz CT molecular complexity index is 811. The van der Waals surface area contributed by atoms with E-state index in [-0.39, 0.29) is 23.9 Å². The molecule has 1 aliphatic rings. The van der Waals surface area contributed by atoms with Crippen molar-refractivity contribution in [1.82, 2.24) is 20.2 Å². The molecule has 0 radical (unpaired) electrons. The van der Waals surface area contributed by atoms with Gasteiger partial charge in [-0.1, -0.05) is 6.92 Å². The minimum Gasteiger partial charge on any atom is -0.354 e. The van der Waals surface area contributed by atoms with Gasteiger partial charge in [-0.05, 0) is 44.7 Å². The molecule has 0 fully saturated rings.